The lowest BCUT2D eigenvalue weighted by Crippen LogP contribution is -2.29. The van der Waals surface area contributed by atoms with Gasteiger partial charge in [0, 0.05) is 12.1 Å². The Kier molecular flexibility index (Phi) is 7.97. The highest BCUT2D eigenvalue weighted by Gasteiger charge is 2.13. The number of hydrogen-bond donors (Lipinski definition) is 1. The zero-order valence-electron chi connectivity index (χ0n) is 12.4. The van der Waals surface area contributed by atoms with E-state index in [1.54, 1.807) is 0 Å². The monoisotopic (exact) mass is 298 g/mol. The molecule has 1 aliphatic heterocycles. The molecule has 1 heterocycles. The highest BCUT2D eigenvalue weighted by molar-refractivity contribution is 5.85. The molecule has 114 valence electrons. The third-order valence-corrected chi connectivity index (χ3v) is 3.70. The van der Waals surface area contributed by atoms with E-state index in [4.69, 9.17) is 10.5 Å². The van der Waals surface area contributed by atoms with Gasteiger partial charge in [-0.2, -0.15) is 0 Å². The molecule has 0 radical (unpaired) electrons. The molecule has 1 aromatic carbocycles. The summed E-state index contributed by atoms with van der Waals surface area (Å²) in [4.78, 5) is 2.54. The maximum atomic E-state index is 5.75. The van der Waals surface area contributed by atoms with Gasteiger partial charge in [0.1, 0.15) is 5.75 Å². The van der Waals surface area contributed by atoms with E-state index in [-0.39, 0.29) is 12.4 Å². The number of benzene rings is 1. The van der Waals surface area contributed by atoms with Crippen molar-refractivity contribution in [1.82, 2.24) is 4.90 Å². The fraction of sp³-hybridized carbons (Fsp3) is 0.625. The molecule has 1 aliphatic rings. The van der Waals surface area contributed by atoms with Gasteiger partial charge in [-0.25, -0.2) is 0 Å². The van der Waals surface area contributed by atoms with Crippen LogP contribution < -0.4 is 10.5 Å². The van der Waals surface area contributed by atoms with E-state index in [1.807, 2.05) is 6.92 Å². The molecule has 20 heavy (non-hydrogen) atoms. The second-order valence-corrected chi connectivity index (χ2v) is 5.25. The van der Waals surface area contributed by atoms with Crippen molar-refractivity contribution in [3.63, 3.8) is 0 Å². The largest absolute Gasteiger partial charge is 0.494 e. The van der Waals surface area contributed by atoms with Gasteiger partial charge >= 0.3 is 0 Å². The van der Waals surface area contributed by atoms with Crippen molar-refractivity contribution >= 4 is 12.4 Å². The van der Waals surface area contributed by atoms with E-state index in [0.717, 1.165) is 25.3 Å². The quantitative estimate of drug-likeness (QED) is 0.877. The fourth-order valence-electron chi connectivity index (χ4n) is 2.73. The lowest BCUT2D eigenvalue weighted by atomic mass is 10.0. The van der Waals surface area contributed by atoms with Crippen LogP contribution in [0.2, 0.25) is 0 Å². The lowest BCUT2D eigenvalue weighted by Gasteiger charge is -2.27. The SMILES string of the molecule is CCOc1ccc(CCN)cc1CN1CCCCC1.Cl. The number of hydrogen-bond acceptors (Lipinski definition) is 3. The first-order chi connectivity index (χ1) is 9.33. The summed E-state index contributed by atoms with van der Waals surface area (Å²) in [5.41, 5.74) is 8.28. The third kappa shape index (κ3) is 4.97. The molecule has 1 fully saturated rings. The van der Waals surface area contributed by atoms with Crippen molar-refractivity contribution in [2.24, 2.45) is 5.73 Å². The number of ether oxygens (including phenoxy) is 1. The molecule has 1 saturated heterocycles. The summed E-state index contributed by atoms with van der Waals surface area (Å²) < 4.78 is 5.75. The van der Waals surface area contributed by atoms with E-state index < -0.39 is 0 Å². The molecule has 0 aromatic heterocycles. The summed E-state index contributed by atoms with van der Waals surface area (Å²) in [7, 11) is 0. The van der Waals surface area contributed by atoms with Crippen LogP contribution in [0.25, 0.3) is 0 Å². The average molecular weight is 299 g/mol. The molecule has 0 unspecified atom stereocenters. The Bertz CT molecular complexity index is 392. The van der Waals surface area contributed by atoms with Crippen molar-refractivity contribution < 1.29 is 4.74 Å². The molecule has 3 nitrogen and oxygen atoms in total. The molecule has 2 N–H and O–H groups in total. The van der Waals surface area contributed by atoms with E-state index >= 15 is 0 Å². The number of nitrogens with two attached hydrogens (primary N) is 1. The van der Waals surface area contributed by atoms with Crippen molar-refractivity contribution in [1.29, 1.82) is 0 Å². The molecule has 1 aromatic rings. The van der Waals surface area contributed by atoms with Gasteiger partial charge in [-0.15, -0.1) is 12.4 Å². The lowest BCUT2D eigenvalue weighted by molar-refractivity contribution is 0.216. The predicted molar refractivity (Wildman–Crippen MR) is 86.7 cm³/mol. The predicted octanol–water partition coefficient (Wildman–Crippen LogP) is 2.99. The minimum atomic E-state index is 0. The van der Waals surface area contributed by atoms with E-state index in [9.17, 15) is 0 Å². The van der Waals surface area contributed by atoms with Gasteiger partial charge in [0.15, 0.2) is 0 Å². The summed E-state index contributed by atoms with van der Waals surface area (Å²) in [6.45, 7) is 6.91. The minimum Gasteiger partial charge on any atom is -0.494 e. The molecule has 2 rings (SSSR count). The Balaban J connectivity index is 0.00000200. The zero-order chi connectivity index (χ0) is 13.5. The van der Waals surface area contributed by atoms with Crippen LogP contribution in [0.15, 0.2) is 18.2 Å². The van der Waals surface area contributed by atoms with Gasteiger partial charge in [-0.1, -0.05) is 18.6 Å². The van der Waals surface area contributed by atoms with E-state index in [0.29, 0.717) is 6.54 Å². The molecule has 0 spiro atoms. The van der Waals surface area contributed by atoms with Crippen molar-refractivity contribution in [3.05, 3.63) is 29.3 Å². The summed E-state index contributed by atoms with van der Waals surface area (Å²) in [6, 6.07) is 6.51. The average Bonchev–Trinajstić information content (AvgIpc) is 2.43. The second-order valence-electron chi connectivity index (χ2n) is 5.25. The van der Waals surface area contributed by atoms with Crippen molar-refractivity contribution in [2.45, 2.75) is 39.2 Å². The zero-order valence-corrected chi connectivity index (χ0v) is 13.3. The molecule has 0 atom stereocenters. The number of halogens is 1. The fourth-order valence-corrected chi connectivity index (χ4v) is 2.73. The van der Waals surface area contributed by atoms with Crippen LogP contribution in [-0.4, -0.2) is 31.1 Å². The van der Waals surface area contributed by atoms with Crippen molar-refractivity contribution in [2.75, 3.05) is 26.2 Å². The van der Waals surface area contributed by atoms with Gasteiger partial charge in [0.05, 0.1) is 6.61 Å². The number of likely N-dealkylation sites (tertiary alicyclic amines) is 1. The van der Waals surface area contributed by atoms with Crippen LogP contribution >= 0.6 is 12.4 Å². The Hall–Kier alpha value is -0.770. The molecule has 0 aliphatic carbocycles. The van der Waals surface area contributed by atoms with Crippen LogP contribution in [0, 0.1) is 0 Å². The van der Waals surface area contributed by atoms with E-state index in [2.05, 4.69) is 23.1 Å². The summed E-state index contributed by atoms with van der Waals surface area (Å²) in [6.07, 6.45) is 4.97. The highest BCUT2D eigenvalue weighted by Crippen LogP contribution is 2.23. The van der Waals surface area contributed by atoms with Crippen LogP contribution in [-0.2, 0) is 13.0 Å². The van der Waals surface area contributed by atoms with Crippen LogP contribution in [0.1, 0.15) is 37.3 Å². The van der Waals surface area contributed by atoms with Gasteiger partial charge in [-0.05, 0) is 57.5 Å². The first-order valence-electron chi connectivity index (χ1n) is 7.50. The third-order valence-electron chi connectivity index (χ3n) is 3.70. The number of piperidine rings is 1. The summed E-state index contributed by atoms with van der Waals surface area (Å²) in [5, 5.41) is 0. The van der Waals surface area contributed by atoms with Gasteiger partial charge in [0.2, 0.25) is 0 Å². The first kappa shape index (κ1) is 17.3. The molecule has 0 amide bonds. The highest BCUT2D eigenvalue weighted by atomic mass is 35.5. The Morgan fingerprint density at radius 2 is 1.95 bits per heavy atom. The van der Waals surface area contributed by atoms with E-state index in [1.165, 1.54) is 43.5 Å². The van der Waals surface area contributed by atoms with Crippen LogP contribution in [0.3, 0.4) is 0 Å². The van der Waals surface area contributed by atoms with Crippen molar-refractivity contribution in [3.8, 4) is 5.75 Å². The van der Waals surface area contributed by atoms with Gasteiger partial charge < -0.3 is 10.5 Å². The Morgan fingerprint density at radius 1 is 1.20 bits per heavy atom. The summed E-state index contributed by atoms with van der Waals surface area (Å²) in [5.74, 6) is 1.04. The van der Waals surface area contributed by atoms with Crippen LogP contribution in [0.5, 0.6) is 5.75 Å². The summed E-state index contributed by atoms with van der Waals surface area (Å²) >= 11 is 0. The normalized spacial score (nSPS) is 15.7. The smallest absolute Gasteiger partial charge is 0.123 e. The number of nitrogens with zero attached hydrogens (tertiary/aromatic N) is 1. The molecule has 0 saturated carbocycles. The molecule has 4 heteroatoms. The van der Waals surface area contributed by atoms with Gasteiger partial charge in [0.25, 0.3) is 0 Å². The maximum Gasteiger partial charge on any atom is 0.123 e. The first-order valence-corrected chi connectivity index (χ1v) is 7.50. The minimum absolute atomic E-state index is 0. The standard InChI is InChI=1S/C16H26N2O.ClH/c1-2-19-16-7-6-14(8-9-17)12-15(16)13-18-10-4-3-5-11-18;/h6-7,12H,2-5,8-11,13,17H2,1H3;1H. The Labute approximate surface area is 128 Å². The number of rotatable bonds is 6. The second kappa shape index (κ2) is 9.22. The topological polar surface area (TPSA) is 38.5 Å². The maximum absolute atomic E-state index is 5.75. The Morgan fingerprint density at radius 3 is 2.60 bits per heavy atom. The van der Waals surface area contributed by atoms with Crippen LogP contribution in [0.4, 0.5) is 0 Å². The van der Waals surface area contributed by atoms with Gasteiger partial charge in [-0.3, -0.25) is 4.90 Å². The molecular formula is C16H27ClN2O. The molecule has 0 bridgehead atoms. The molecular weight excluding hydrogens is 272 g/mol.